The van der Waals surface area contributed by atoms with Gasteiger partial charge in [0.2, 0.25) is 0 Å². The smallest absolute Gasteiger partial charge is 0.264 e. The molecule has 2 aromatic heterocycles. The zero-order valence-corrected chi connectivity index (χ0v) is 20.4. The van der Waals surface area contributed by atoms with E-state index in [-0.39, 0.29) is 18.3 Å². The van der Waals surface area contributed by atoms with E-state index in [0.717, 1.165) is 69.2 Å². The van der Waals surface area contributed by atoms with E-state index in [1.807, 2.05) is 29.3 Å². The minimum atomic E-state index is -0.291. The molecule has 4 heterocycles. The molecule has 34 heavy (non-hydrogen) atoms. The van der Waals surface area contributed by atoms with Crippen molar-refractivity contribution in [3.8, 4) is 0 Å². The lowest BCUT2D eigenvalue weighted by Crippen LogP contribution is -2.50. The Kier molecular flexibility index (Phi) is 7.08. The monoisotopic (exact) mass is 482 g/mol. The molecular weight excluding hydrogens is 451 g/mol. The van der Waals surface area contributed by atoms with E-state index >= 15 is 0 Å². The van der Waals surface area contributed by atoms with Gasteiger partial charge in [-0.3, -0.25) is 9.69 Å². The number of hydrogen-bond donors (Lipinski definition) is 0. The van der Waals surface area contributed by atoms with Gasteiger partial charge >= 0.3 is 0 Å². The number of ether oxygens (including phenoxy) is 1. The fraction of sp³-hybridized carbons (Fsp3) is 0.462. The summed E-state index contributed by atoms with van der Waals surface area (Å²) in [5.74, 6) is 1.22. The molecule has 0 radical (unpaired) electrons. The normalized spacial score (nSPS) is 19.6. The van der Waals surface area contributed by atoms with Crippen LogP contribution < -0.4 is 4.90 Å². The minimum absolute atomic E-state index is 0.0114. The number of anilines is 1. The molecule has 3 aromatic rings. The molecule has 2 saturated heterocycles. The zero-order valence-electron chi connectivity index (χ0n) is 19.6. The Morgan fingerprint density at radius 2 is 2.00 bits per heavy atom. The molecule has 1 amide bonds. The molecule has 2 aliphatic heterocycles. The van der Waals surface area contributed by atoms with Crippen molar-refractivity contribution < 1.29 is 13.9 Å². The number of aromatic nitrogens is 1. The van der Waals surface area contributed by atoms with E-state index in [2.05, 4.69) is 20.9 Å². The van der Waals surface area contributed by atoms with Crippen molar-refractivity contribution in [2.45, 2.75) is 19.4 Å². The van der Waals surface area contributed by atoms with Crippen LogP contribution >= 0.6 is 11.3 Å². The second-order valence-corrected chi connectivity index (χ2v) is 10.2. The third-order valence-electron chi connectivity index (χ3n) is 6.91. The van der Waals surface area contributed by atoms with Gasteiger partial charge in [0.25, 0.3) is 5.91 Å². The van der Waals surface area contributed by atoms with Gasteiger partial charge in [-0.25, -0.2) is 9.37 Å². The number of halogens is 1. The van der Waals surface area contributed by atoms with Crippen molar-refractivity contribution in [3.05, 3.63) is 58.9 Å². The summed E-state index contributed by atoms with van der Waals surface area (Å²) in [6.07, 6.45) is 3.98. The van der Waals surface area contributed by atoms with Gasteiger partial charge in [-0.2, -0.15) is 0 Å². The van der Waals surface area contributed by atoms with Crippen molar-refractivity contribution in [2.24, 2.45) is 5.92 Å². The van der Waals surface area contributed by atoms with E-state index in [1.54, 1.807) is 13.2 Å². The molecule has 0 aliphatic carbocycles. The topological polar surface area (TPSA) is 48.9 Å². The highest BCUT2D eigenvalue weighted by molar-refractivity contribution is 7.21. The SMILES string of the molecule is COCc1c(C(=O)N2CCCC(CN3CCN(c4ccccn4)CC3)C2)sc2cccc(F)c12. The van der Waals surface area contributed by atoms with Crippen LogP contribution in [0.25, 0.3) is 10.1 Å². The van der Waals surface area contributed by atoms with Crippen molar-refractivity contribution >= 4 is 33.1 Å². The number of rotatable bonds is 6. The molecule has 2 fully saturated rings. The van der Waals surface area contributed by atoms with Gasteiger partial charge in [0.05, 0.1) is 11.5 Å². The number of benzene rings is 1. The van der Waals surface area contributed by atoms with Crippen molar-refractivity contribution in [1.29, 1.82) is 0 Å². The molecule has 1 aromatic carbocycles. The van der Waals surface area contributed by atoms with Crippen molar-refractivity contribution in [3.63, 3.8) is 0 Å². The van der Waals surface area contributed by atoms with Crippen LogP contribution in [0.5, 0.6) is 0 Å². The highest BCUT2D eigenvalue weighted by Gasteiger charge is 2.30. The van der Waals surface area contributed by atoms with Gasteiger partial charge in [0.1, 0.15) is 11.6 Å². The van der Waals surface area contributed by atoms with Gasteiger partial charge in [-0.1, -0.05) is 12.1 Å². The summed E-state index contributed by atoms with van der Waals surface area (Å²) in [7, 11) is 1.59. The summed E-state index contributed by atoms with van der Waals surface area (Å²) in [5, 5.41) is 0.525. The number of likely N-dealkylation sites (tertiary alicyclic amines) is 1. The summed E-state index contributed by atoms with van der Waals surface area (Å²) in [5.41, 5.74) is 0.679. The molecule has 0 spiro atoms. The molecule has 8 heteroatoms. The number of methoxy groups -OCH3 is 1. The van der Waals surface area contributed by atoms with Crippen LogP contribution in [0.2, 0.25) is 0 Å². The number of carbonyl (C=O) groups excluding carboxylic acids is 1. The van der Waals surface area contributed by atoms with Gasteiger partial charge < -0.3 is 14.5 Å². The molecule has 5 rings (SSSR count). The van der Waals surface area contributed by atoms with Gasteiger partial charge in [-0.05, 0) is 43.0 Å². The fourth-order valence-corrected chi connectivity index (χ4v) is 6.42. The number of thiophene rings is 1. The van der Waals surface area contributed by atoms with Crippen LogP contribution in [0.15, 0.2) is 42.6 Å². The van der Waals surface area contributed by atoms with Crippen molar-refractivity contribution in [1.82, 2.24) is 14.8 Å². The van der Waals surface area contributed by atoms with Crippen LogP contribution in [-0.4, -0.2) is 73.6 Å². The Hall–Kier alpha value is -2.55. The predicted molar refractivity (Wildman–Crippen MR) is 134 cm³/mol. The summed E-state index contributed by atoms with van der Waals surface area (Å²) in [6.45, 7) is 6.71. The molecule has 0 bridgehead atoms. The maximum absolute atomic E-state index is 14.6. The number of amides is 1. The lowest BCUT2D eigenvalue weighted by atomic mass is 9.96. The maximum atomic E-state index is 14.6. The molecule has 2 aliphatic rings. The number of nitrogens with zero attached hydrogens (tertiary/aromatic N) is 4. The van der Waals surface area contributed by atoms with Gasteiger partial charge in [0, 0.05) is 74.8 Å². The first-order valence-electron chi connectivity index (χ1n) is 12.0. The third-order valence-corrected chi connectivity index (χ3v) is 8.10. The number of pyridine rings is 1. The summed E-state index contributed by atoms with van der Waals surface area (Å²) < 4.78 is 20.7. The Morgan fingerprint density at radius 3 is 2.76 bits per heavy atom. The van der Waals surface area contributed by atoms with Gasteiger partial charge in [-0.15, -0.1) is 11.3 Å². The standard InChI is InChI=1S/C26H31FN4O2S/c1-33-18-20-24-21(27)7-4-8-22(24)34-25(20)26(32)31-11-5-6-19(17-31)16-29-12-14-30(15-13-29)23-9-2-3-10-28-23/h2-4,7-10,19H,5-6,11-18H2,1H3. The van der Waals surface area contributed by atoms with Crippen LogP contribution in [0.4, 0.5) is 10.2 Å². The van der Waals surface area contributed by atoms with Crippen LogP contribution in [-0.2, 0) is 11.3 Å². The molecule has 1 atom stereocenters. The number of fused-ring (bicyclic) bond motifs is 1. The molecule has 0 N–H and O–H groups in total. The van der Waals surface area contributed by atoms with Crippen LogP contribution in [0, 0.1) is 11.7 Å². The second-order valence-electron chi connectivity index (χ2n) is 9.19. The highest BCUT2D eigenvalue weighted by atomic mass is 32.1. The quantitative estimate of drug-likeness (QED) is 0.526. The molecule has 180 valence electrons. The number of hydrogen-bond acceptors (Lipinski definition) is 6. The Balaban J connectivity index is 1.23. The van der Waals surface area contributed by atoms with Crippen LogP contribution in [0.1, 0.15) is 28.1 Å². The largest absolute Gasteiger partial charge is 0.380 e. The first kappa shape index (κ1) is 23.2. The molecule has 1 unspecified atom stereocenters. The zero-order chi connectivity index (χ0) is 23.5. The number of piperazine rings is 1. The Labute approximate surface area is 203 Å². The average molecular weight is 483 g/mol. The Morgan fingerprint density at radius 1 is 1.15 bits per heavy atom. The highest BCUT2D eigenvalue weighted by Crippen LogP contribution is 2.35. The summed E-state index contributed by atoms with van der Waals surface area (Å²) in [6, 6.07) is 11.1. The van der Waals surface area contributed by atoms with E-state index in [9.17, 15) is 9.18 Å². The van der Waals surface area contributed by atoms with E-state index in [0.29, 0.717) is 21.7 Å². The summed E-state index contributed by atoms with van der Waals surface area (Å²) >= 11 is 1.38. The predicted octanol–water partition coefficient (Wildman–Crippen LogP) is 4.26. The van der Waals surface area contributed by atoms with Crippen molar-refractivity contribution in [2.75, 3.05) is 57.8 Å². The number of piperidine rings is 1. The van der Waals surface area contributed by atoms with Crippen LogP contribution in [0.3, 0.4) is 0 Å². The van der Waals surface area contributed by atoms with E-state index in [1.165, 1.54) is 17.4 Å². The molecule has 6 nitrogen and oxygen atoms in total. The number of carbonyl (C=O) groups is 1. The average Bonchev–Trinajstić information content (AvgIpc) is 3.25. The Bertz CT molecular complexity index is 1130. The second kappa shape index (κ2) is 10.4. The minimum Gasteiger partial charge on any atom is -0.380 e. The van der Waals surface area contributed by atoms with Gasteiger partial charge in [0.15, 0.2) is 0 Å². The maximum Gasteiger partial charge on any atom is 0.264 e. The third kappa shape index (κ3) is 4.80. The lowest BCUT2D eigenvalue weighted by Gasteiger charge is -2.39. The lowest BCUT2D eigenvalue weighted by molar-refractivity contribution is 0.0638. The molecular formula is C26H31FN4O2S. The summed E-state index contributed by atoms with van der Waals surface area (Å²) in [4.78, 5) is 25.5. The first-order chi connectivity index (χ1) is 16.6. The fourth-order valence-electron chi connectivity index (χ4n) is 5.23. The van der Waals surface area contributed by atoms with E-state index in [4.69, 9.17) is 4.74 Å². The molecule has 0 saturated carbocycles. The van der Waals surface area contributed by atoms with E-state index < -0.39 is 0 Å². The first-order valence-corrected chi connectivity index (χ1v) is 12.8.